The Morgan fingerprint density at radius 2 is 2.26 bits per heavy atom. The average molecular weight is 281 g/mol. The van der Waals surface area contributed by atoms with Crippen molar-refractivity contribution in [3.63, 3.8) is 0 Å². The van der Waals surface area contributed by atoms with Crippen LogP contribution >= 0.6 is 11.5 Å². The fourth-order valence-corrected chi connectivity index (χ4v) is 2.24. The molecule has 100 valence electrons. The van der Waals surface area contributed by atoms with Gasteiger partial charge in [-0.2, -0.15) is 4.37 Å². The summed E-state index contributed by atoms with van der Waals surface area (Å²) >= 11 is 1.04. The maximum atomic E-state index is 13.5. The highest BCUT2D eigenvalue weighted by molar-refractivity contribution is 7.11. The lowest BCUT2D eigenvalue weighted by Gasteiger charge is -2.06. The molecule has 0 saturated heterocycles. The molecule has 0 fully saturated rings. The van der Waals surface area contributed by atoms with Gasteiger partial charge in [-0.3, -0.25) is 0 Å². The third kappa shape index (κ3) is 2.82. The zero-order valence-electron chi connectivity index (χ0n) is 10.1. The highest BCUT2D eigenvalue weighted by atomic mass is 32.1. The second-order valence-electron chi connectivity index (χ2n) is 3.71. The zero-order valence-corrected chi connectivity index (χ0v) is 11.0. The van der Waals surface area contributed by atoms with Crippen LogP contribution in [0.1, 0.15) is 15.9 Å². The smallest absolute Gasteiger partial charge is 0.344 e. The third-order valence-electron chi connectivity index (χ3n) is 2.51. The Kier molecular flexibility index (Phi) is 3.96. The van der Waals surface area contributed by atoms with E-state index in [4.69, 9.17) is 5.73 Å². The number of rotatable bonds is 4. The molecule has 0 aliphatic heterocycles. The molecule has 7 heteroatoms. The number of ether oxygens (including phenoxy) is 1. The van der Waals surface area contributed by atoms with Crippen LogP contribution in [-0.4, -0.2) is 17.5 Å². The number of esters is 1. The van der Waals surface area contributed by atoms with Crippen LogP contribution in [0.3, 0.4) is 0 Å². The van der Waals surface area contributed by atoms with Crippen molar-refractivity contribution in [3.8, 4) is 0 Å². The van der Waals surface area contributed by atoms with Gasteiger partial charge in [-0.15, -0.1) is 0 Å². The fraction of sp³-hybridized carbons (Fsp3) is 0.167. The molecule has 0 bridgehead atoms. The third-order valence-corrected chi connectivity index (χ3v) is 3.32. The van der Waals surface area contributed by atoms with Crippen LogP contribution in [0.5, 0.6) is 0 Å². The molecule has 19 heavy (non-hydrogen) atoms. The van der Waals surface area contributed by atoms with Gasteiger partial charge in [0.05, 0.1) is 7.11 Å². The Bertz CT molecular complexity index is 600. The predicted octanol–water partition coefficient (Wildman–Crippen LogP) is 2.26. The summed E-state index contributed by atoms with van der Waals surface area (Å²) < 4.78 is 22.0. The van der Waals surface area contributed by atoms with E-state index in [0.29, 0.717) is 10.6 Å². The minimum absolute atomic E-state index is 0.105. The van der Waals surface area contributed by atoms with E-state index >= 15 is 0 Å². The van der Waals surface area contributed by atoms with Gasteiger partial charge < -0.3 is 15.8 Å². The number of hydrogen-bond acceptors (Lipinski definition) is 6. The van der Waals surface area contributed by atoms with Gasteiger partial charge in [-0.05, 0) is 17.6 Å². The number of methoxy groups -OCH3 is 1. The Labute approximate surface area is 113 Å². The topological polar surface area (TPSA) is 77.2 Å². The van der Waals surface area contributed by atoms with Crippen molar-refractivity contribution in [2.75, 3.05) is 18.2 Å². The first-order valence-corrected chi connectivity index (χ1v) is 6.21. The number of halogens is 1. The van der Waals surface area contributed by atoms with E-state index in [9.17, 15) is 9.18 Å². The molecule has 0 saturated carbocycles. The van der Waals surface area contributed by atoms with Crippen molar-refractivity contribution in [1.29, 1.82) is 0 Å². The number of benzene rings is 1. The van der Waals surface area contributed by atoms with E-state index in [1.165, 1.54) is 13.2 Å². The number of aromatic nitrogens is 1. The first-order valence-electron chi connectivity index (χ1n) is 5.44. The van der Waals surface area contributed by atoms with Gasteiger partial charge in [0.25, 0.3) is 0 Å². The van der Waals surface area contributed by atoms with Crippen LogP contribution in [0, 0.1) is 5.82 Å². The zero-order chi connectivity index (χ0) is 13.8. The summed E-state index contributed by atoms with van der Waals surface area (Å²) in [6.07, 6.45) is 0. The second kappa shape index (κ2) is 5.66. The maximum absolute atomic E-state index is 13.5. The Hall–Kier alpha value is -2.15. The molecule has 3 N–H and O–H groups in total. The summed E-state index contributed by atoms with van der Waals surface area (Å²) in [6, 6.07) is 6.38. The molecule has 0 amide bonds. The van der Waals surface area contributed by atoms with Gasteiger partial charge in [0, 0.05) is 12.1 Å². The number of carbonyl (C=O) groups is 1. The molecule has 2 rings (SSSR count). The normalized spacial score (nSPS) is 10.2. The van der Waals surface area contributed by atoms with Gasteiger partial charge in [-0.1, -0.05) is 18.2 Å². The van der Waals surface area contributed by atoms with Crippen LogP contribution in [0.2, 0.25) is 0 Å². The first kappa shape index (κ1) is 13.3. The van der Waals surface area contributed by atoms with Crippen LogP contribution in [-0.2, 0) is 11.3 Å². The van der Waals surface area contributed by atoms with E-state index in [2.05, 4.69) is 14.4 Å². The molecule has 1 aromatic heterocycles. The summed E-state index contributed by atoms with van der Waals surface area (Å²) in [5, 5.41) is 3.41. The molecule has 0 unspecified atom stereocenters. The maximum Gasteiger partial charge on any atom is 0.344 e. The molecule has 2 aromatic rings. The Morgan fingerprint density at radius 1 is 1.53 bits per heavy atom. The quantitative estimate of drug-likeness (QED) is 0.841. The van der Waals surface area contributed by atoms with Crippen molar-refractivity contribution in [2.24, 2.45) is 0 Å². The predicted molar refractivity (Wildman–Crippen MR) is 71.6 cm³/mol. The highest BCUT2D eigenvalue weighted by Gasteiger charge is 2.19. The van der Waals surface area contributed by atoms with Crippen LogP contribution in [0.15, 0.2) is 24.3 Å². The molecule has 5 nitrogen and oxygen atoms in total. The van der Waals surface area contributed by atoms with Gasteiger partial charge in [-0.25, -0.2) is 9.18 Å². The number of carbonyl (C=O) groups excluding carboxylic acids is 1. The second-order valence-corrected chi connectivity index (χ2v) is 4.48. The molecule has 1 aromatic carbocycles. The Balaban J connectivity index is 2.17. The minimum Gasteiger partial charge on any atom is -0.465 e. The van der Waals surface area contributed by atoms with E-state index in [1.807, 2.05) is 0 Å². The van der Waals surface area contributed by atoms with Crippen molar-refractivity contribution in [2.45, 2.75) is 6.54 Å². The summed E-state index contributed by atoms with van der Waals surface area (Å²) in [7, 11) is 1.26. The van der Waals surface area contributed by atoms with Crippen LogP contribution in [0.25, 0.3) is 0 Å². The van der Waals surface area contributed by atoms with Crippen molar-refractivity contribution in [1.82, 2.24) is 4.37 Å². The van der Waals surface area contributed by atoms with E-state index in [-0.39, 0.29) is 23.7 Å². The van der Waals surface area contributed by atoms with Crippen LogP contribution in [0.4, 0.5) is 15.2 Å². The standard InChI is InChI=1S/C12H12FN3O2S/c1-18-12(17)9-10(14)16-19-11(9)15-6-7-4-2-3-5-8(7)13/h2-5,15H,6H2,1H3,(H2,14,16). The lowest BCUT2D eigenvalue weighted by molar-refractivity contribution is 0.0603. The van der Waals surface area contributed by atoms with E-state index in [0.717, 1.165) is 11.5 Å². The summed E-state index contributed by atoms with van der Waals surface area (Å²) in [5.41, 5.74) is 6.28. The van der Waals surface area contributed by atoms with E-state index in [1.54, 1.807) is 18.2 Å². The number of nitrogen functional groups attached to an aromatic ring is 1. The van der Waals surface area contributed by atoms with Gasteiger partial charge in [0.2, 0.25) is 0 Å². The highest BCUT2D eigenvalue weighted by Crippen LogP contribution is 2.28. The molecule has 0 atom stereocenters. The number of nitrogens with two attached hydrogens (primary N) is 1. The molecule has 1 heterocycles. The molecule has 0 radical (unpaired) electrons. The largest absolute Gasteiger partial charge is 0.465 e. The van der Waals surface area contributed by atoms with Crippen molar-refractivity contribution < 1.29 is 13.9 Å². The number of nitrogens with zero attached hydrogens (tertiary/aromatic N) is 1. The molecule has 0 aliphatic carbocycles. The molecular weight excluding hydrogens is 269 g/mol. The summed E-state index contributed by atoms with van der Waals surface area (Å²) in [4.78, 5) is 11.5. The molecule has 0 spiro atoms. The first-order chi connectivity index (χ1) is 9.13. The van der Waals surface area contributed by atoms with Crippen molar-refractivity contribution >= 4 is 28.3 Å². The van der Waals surface area contributed by atoms with Gasteiger partial charge in [0.1, 0.15) is 16.4 Å². The lowest BCUT2D eigenvalue weighted by atomic mass is 10.2. The number of hydrogen-bond donors (Lipinski definition) is 2. The van der Waals surface area contributed by atoms with Crippen molar-refractivity contribution in [3.05, 3.63) is 41.2 Å². The minimum atomic E-state index is -0.567. The molecule has 0 aliphatic rings. The monoisotopic (exact) mass is 281 g/mol. The van der Waals surface area contributed by atoms with E-state index < -0.39 is 5.97 Å². The SMILES string of the molecule is COC(=O)c1c(N)nsc1NCc1ccccc1F. The fourth-order valence-electron chi connectivity index (χ4n) is 1.54. The lowest BCUT2D eigenvalue weighted by Crippen LogP contribution is -2.08. The molecular formula is C12H12FN3O2S. The summed E-state index contributed by atoms with van der Waals surface area (Å²) in [5.74, 6) is -0.776. The Morgan fingerprint density at radius 3 is 2.95 bits per heavy atom. The number of nitrogens with one attached hydrogen (secondary N) is 1. The number of anilines is 2. The van der Waals surface area contributed by atoms with Gasteiger partial charge >= 0.3 is 5.97 Å². The van der Waals surface area contributed by atoms with Gasteiger partial charge in [0.15, 0.2) is 5.82 Å². The summed E-state index contributed by atoms with van der Waals surface area (Å²) in [6.45, 7) is 0.234. The average Bonchev–Trinajstić information content (AvgIpc) is 2.78. The van der Waals surface area contributed by atoms with Crippen LogP contribution < -0.4 is 11.1 Å².